The van der Waals surface area contributed by atoms with Crippen LogP contribution in [-0.4, -0.2) is 149 Å². The Hall–Kier alpha value is -4.94. The first-order chi connectivity index (χ1) is 32.5. The highest BCUT2D eigenvalue weighted by molar-refractivity contribution is 6.30. The summed E-state index contributed by atoms with van der Waals surface area (Å²) >= 11 is 11.8. The van der Waals surface area contributed by atoms with Gasteiger partial charge in [-0.25, -0.2) is 0 Å². The van der Waals surface area contributed by atoms with Crippen LogP contribution in [0.25, 0.3) is 0 Å². The van der Waals surface area contributed by atoms with Crippen LogP contribution in [-0.2, 0) is 9.59 Å². The van der Waals surface area contributed by atoms with E-state index in [4.69, 9.17) is 53.0 Å². The van der Waals surface area contributed by atoms with Gasteiger partial charge in [-0.05, 0) is 136 Å². The quantitative estimate of drug-likeness (QED) is 0.110. The first-order valence-corrected chi connectivity index (χ1v) is 24.1. The van der Waals surface area contributed by atoms with Gasteiger partial charge < -0.3 is 64.9 Å². The summed E-state index contributed by atoms with van der Waals surface area (Å²) in [6.45, 7) is 10.5. The molecule has 0 bridgehead atoms. The summed E-state index contributed by atoms with van der Waals surface area (Å²) in [5, 5.41) is 35.0. The number of nitrogens with one attached hydrogen (secondary N) is 1. The van der Waals surface area contributed by atoms with Gasteiger partial charge in [0.15, 0.2) is 23.0 Å². The summed E-state index contributed by atoms with van der Waals surface area (Å²) in [4.78, 5) is 32.8. The van der Waals surface area contributed by atoms with Crippen molar-refractivity contribution in [2.24, 2.45) is 17.6 Å². The number of carbonyl (C=O) groups excluding carboxylic acids is 1. The Morgan fingerprint density at radius 2 is 1.06 bits per heavy atom. The van der Waals surface area contributed by atoms with Crippen molar-refractivity contribution in [1.29, 1.82) is 0 Å². The molecule has 6 aliphatic rings. The topological polar surface area (TPSA) is 183 Å². The van der Waals surface area contributed by atoms with E-state index < -0.39 is 24.2 Å². The van der Waals surface area contributed by atoms with Crippen LogP contribution < -0.4 is 39.8 Å². The van der Waals surface area contributed by atoms with Gasteiger partial charge in [0.25, 0.3) is 0 Å². The van der Waals surface area contributed by atoms with Crippen LogP contribution in [0.15, 0.2) is 84.9 Å². The molecule has 1 amide bonds. The van der Waals surface area contributed by atoms with E-state index in [0.717, 1.165) is 93.3 Å². The van der Waals surface area contributed by atoms with Crippen LogP contribution in [0.1, 0.15) is 49.0 Å². The van der Waals surface area contributed by atoms with Crippen molar-refractivity contribution in [2.45, 2.75) is 50.0 Å². The number of amides is 1. The molecule has 4 saturated heterocycles. The van der Waals surface area contributed by atoms with Crippen LogP contribution in [0.3, 0.4) is 0 Å². The van der Waals surface area contributed by atoms with Gasteiger partial charge in [-0.15, -0.1) is 0 Å². The molecule has 0 aromatic heterocycles. The summed E-state index contributed by atoms with van der Waals surface area (Å²) in [5.74, 6) is 1.69. The number of carbonyl (C=O) groups is 2. The molecule has 10 rings (SSSR count). The third-order valence-electron chi connectivity index (χ3n) is 13.2. The van der Waals surface area contributed by atoms with Crippen molar-refractivity contribution >= 4 is 54.9 Å². The minimum absolute atomic E-state index is 0. The summed E-state index contributed by atoms with van der Waals surface area (Å²) in [6, 6.07) is 25.6. The average Bonchev–Trinajstić information content (AvgIpc) is 4.03. The highest BCUT2D eigenvalue weighted by Crippen LogP contribution is 2.35. The van der Waals surface area contributed by atoms with Crippen molar-refractivity contribution in [1.82, 2.24) is 15.1 Å². The van der Waals surface area contributed by atoms with Crippen LogP contribution >= 0.6 is 23.2 Å². The Bertz CT molecular complexity index is 2280. The summed E-state index contributed by atoms with van der Waals surface area (Å²) in [6.07, 6.45) is 2.38. The Labute approximate surface area is 410 Å². The fourth-order valence-corrected chi connectivity index (χ4v) is 9.26. The van der Waals surface area contributed by atoms with Gasteiger partial charge in [0, 0.05) is 75.1 Å². The summed E-state index contributed by atoms with van der Waals surface area (Å²) < 4.78 is 22.3. The van der Waals surface area contributed by atoms with Gasteiger partial charge in [-0.2, -0.15) is 0 Å². The number of aliphatic carboxylic acids is 1. The number of benzene rings is 4. The number of hydrogen-bond donors (Lipinski definition) is 5. The number of likely N-dealkylation sites (tertiary alicyclic amines) is 2. The zero-order valence-corrected chi connectivity index (χ0v) is 39.8. The zero-order valence-electron chi connectivity index (χ0n) is 38.3. The maximum Gasteiger partial charge on any atom is 0.308 e. The lowest BCUT2D eigenvalue weighted by Crippen LogP contribution is -2.52. The molecule has 6 heterocycles. The molecule has 363 valence electrons. The lowest BCUT2D eigenvalue weighted by Gasteiger charge is -2.36. The van der Waals surface area contributed by atoms with Crippen molar-refractivity contribution in [3.05, 3.63) is 106 Å². The first kappa shape index (κ1) is 50.9. The Kier molecular flexibility index (Phi) is 18.0. The van der Waals surface area contributed by atoms with Gasteiger partial charge in [0.1, 0.15) is 32.5 Å². The second-order valence-corrected chi connectivity index (χ2v) is 18.8. The van der Waals surface area contributed by atoms with Gasteiger partial charge in [0.05, 0.1) is 24.0 Å². The molecule has 15 nitrogen and oxygen atoms in total. The standard InChI is InChI=1S/C25H30ClN3O4.C14H20N2O3.C11H12ClNO2.B/c26-19-3-5-20(6-4-19)29-11-8-18(15-29)25(31)27-21(16-28-9-1-10-28)24(30)17-2-7-22-23(14-17)33-13-12-32-22;15-11(9-16-4-1-5-16)14(17)10-2-3-12-13(8-10)19-7-6-18-12;12-9-1-3-10(4-2-9)13-6-5-8(7-13)11(14)15;/h2-7,14,18,21,24,30H,1,8-13,15-16H2,(H,27,31);2-3,8,11,14,17H,1,4-7,9,15H2;1-4,8H,5-7H2,(H,14,15);/t18-,21-,24-;11-,14-;8-;/m111./s1. The highest BCUT2D eigenvalue weighted by atomic mass is 35.5. The van der Waals surface area contributed by atoms with E-state index in [1.54, 1.807) is 0 Å². The van der Waals surface area contributed by atoms with E-state index in [-0.39, 0.29) is 32.2 Å². The second kappa shape index (κ2) is 24.1. The van der Waals surface area contributed by atoms with Crippen molar-refractivity contribution in [3.8, 4) is 23.0 Å². The van der Waals surface area contributed by atoms with E-state index in [1.165, 1.54) is 6.42 Å². The Balaban J connectivity index is 0.000000165. The summed E-state index contributed by atoms with van der Waals surface area (Å²) in [5.41, 5.74) is 9.70. The zero-order chi connectivity index (χ0) is 46.9. The molecular formula is C50H62BCl2N6O9. The van der Waals surface area contributed by atoms with Gasteiger partial charge in [-0.3, -0.25) is 9.59 Å². The normalized spacial score (nSPS) is 21.2. The average molecular weight is 973 g/mol. The first-order valence-electron chi connectivity index (χ1n) is 23.4. The highest BCUT2D eigenvalue weighted by Gasteiger charge is 2.34. The monoisotopic (exact) mass is 971 g/mol. The maximum atomic E-state index is 13.2. The molecule has 68 heavy (non-hydrogen) atoms. The number of fused-ring (bicyclic) bond motifs is 2. The molecule has 6 atom stereocenters. The molecule has 3 radical (unpaired) electrons. The number of rotatable bonds is 13. The van der Waals surface area contributed by atoms with Gasteiger partial charge in [-0.1, -0.05) is 35.3 Å². The predicted molar refractivity (Wildman–Crippen MR) is 264 cm³/mol. The lowest BCUT2D eigenvalue weighted by molar-refractivity contribution is -0.141. The number of anilines is 2. The van der Waals surface area contributed by atoms with E-state index in [0.29, 0.717) is 73.4 Å². The number of aliphatic hydroxyl groups is 2. The van der Waals surface area contributed by atoms with Gasteiger partial charge >= 0.3 is 5.97 Å². The third-order valence-corrected chi connectivity index (χ3v) is 13.7. The molecule has 4 aromatic carbocycles. The SMILES string of the molecule is N[C@H](CN1CCC1)[C@H](O)c1ccc2c(c1)OCCO2.O=C(N[C@H](CN1CCC1)[C@H](O)c1ccc2c(c1)OCCO2)[C@@H]1CCN(c2ccc(Cl)cc2)C1.O=C(O)[C@@H]1CCN(c2ccc(Cl)cc2)C1.[B]. The van der Waals surface area contributed by atoms with E-state index in [1.807, 2.05) is 84.9 Å². The molecule has 0 spiro atoms. The van der Waals surface area contributed by atoms with Gasteiger partial charge in [0.2, 0.25) is 5.91 Å². The molecular weight excluding hydrogens is 910 g/mol. The molecule has 0 saturated carbocycles. The second-order valence-electron chi connectivity index (χ2n) is 17.9. The molecule has 0 unspecified atom stereocenters. The van der Waals surface area contributed by atoms with Crippen molar-refractivity contribution in [2.75, 3.05) is 102 Å². The molecule has 4 aromatic rings. The third kappa shape index (κ3) is 13.2. The van der Waals surface area contributed by atoms with E-state index >= 15 is 0 Å². The molecule has 6 N–H and O–H groups in total. The summed E-state index contributed by atoms with van der Waals surface area (Å²) in [7, 11) is 0. The molecule has 6 aliphatic heterocycles. The fraction of sp³-hybridized carbons (Fsp3) is 0.480. The van der Waals surface area contributed by atoms with E-state index in [9.17, 15) is 19.8 Å². The minimum Gasteiger partial charge on any atom is -0.486 e. The number of carboxylic acids is 1. The van der Waals surface area contributed by atoms with E-state index in [2.05, 4.69) is 24.9 Å². The predicted octanol–water partition coefficient (Wildman–Crippen LogP) is 5.26. The van der Waals surface area contributed by atoms with Crippen LogP contribution in [0, 0.1) is 11.8 Å². The number of aliphatic hydroxyl groups excluding tert-OH is 2. The Morgan fingerprint density at radius 1 is 0.618 bits per heavy atom. The van der Waals surface area contributed by atoms with Crippen molar-refractivity contribution in [3.63, 3.8) is 0 Å². The number of hydrogen-bond acceptors (Lipinski definition) is 13. The number of ether oxygens (including phenoxy) is 4. The lowest BCUT2D eigenvalue weighted by atomic mass is 9.98. The Morgan fingerprint density at radius 3 is 1.51 bits per heavy atom. The number of halogens is 2. The number of nitrogens with zero attached hydrogens (tertiary/aromatic N) is 4. The maximum absolute atomic E-state index is 13.2. The van der Waals surface area contributed by atoms with Crippen LogP contribution in [0.5, 0.6) is 23.0 Å². The van der Waals surface area contributed by atoms with Crippen molar-refractivity contribution < 1.29 is 43.9 Å². The molecule has 4 fully saturated rings. The molecule has 0 aliphatic carbocycles. The number of carboxylic acid groups (broad SMARTS) is 1. The van der Waals surface area contributed by atoms with Crippen LogP contribution in [0.2, 0.25) is 10.0 Å². The fourth-order valence-electron chi connectivity index (χ4n) is 9.01. The molecule has 18 heteroatoms. The number of nitrogens with two attached hydrogens (primary N) is 1. The minimum atomic E-state index is -0.834. The smallest absolute Gasteiger partial charge is 0.308 e. The van der Waals surface area contributed by atoms with Crippen LogP contribution in [0.4, 0.5) is 11.4 Å². The largest absolute Gasteiger partial charge is 0.486 e.